The topological polar surface area (TPSA) is 46.6 Å². The summed E-state index contributed by atoms with van der Waals surface area (Å²) >= 11 is 0. The number of hydrogen-bond acceptors (Lipinski definition) is 3. The van der Waals surface area contributed by atoms with Gasteiger partial charge in [-0.1, -0.05) is 37.5 Å². The highest BCUT2D eigenvalue weighted by Crippen LogP contribution is 2.25. The number of aryl methyl sites for hydroxylation is 1. The van der Waals surface area contributed by atoms with E-state index in [1.807, 2.05) is 36.1 Å². The number of hydrogen-bond donors (Lipinski definition) is 0. The zero-order valence-corrected chi connectivity index (χ0v) is 13.5. The number of carbonyl (C=O) groups is 2. The molecule has 0 N–H and O–H groups in total. The van der Waals surface area contributed by atoms with Gasteiger partial charge in [-0.25, -0.2) is 0 Å². The maximum atomic E-state index is 12.9. The number of esters is 1. The lowest BCUT2D eigenvalue weighted by Crippen LogP contribution is -2.43. The van der Waals surface area contributed by atoms with Gasteiger partial charge < -0.3 is 9.64 Å². The van der Waals surface area contributed by atoms with Crippen LogP contribution in [-0.4, -0.2) is 36.5 Å². The Morgan fingerprint density at radius 1 is 1.18 bits per heavy atom. The SMILES string of the molecule is COC(=O)CCN(C(=O)c1ccccc1C)C1CCCCC1. The highest BCUT2D eigenvalue weighted by Gasteiger charge is 2.27. The van der Waals surface area contributed by atoms with E-state index in [0.717, 1.165) is 36.8 Å². The quantitative estimate of drug-likeness (QED) is 0.784. The zero-order chi connectivity index (χ0) is 15.9. The molecule has 0 atom stereocenters. The summed E-state index contributed by atoms with van der Waals surface area (Å²) in [4.78, 5) is 26.3. The van der Waals surface area contributed by atoms with E-state index in [2.05, 4.69) is 0 Å². The molecule has 1 aromatic rings. The minimum Gasteiger partial charge on any atom is -0.469 e. The first kappa shape index (κ1) is 16.5. The number of carbonyl (C=O) groups excluding carboxylic acids is 2. The fourth-order valence-corrected chi connectivity index (χ4v) is 3.12. The van der Waals surface area contributed by atoms with Gasteiger partial charge in [0.25, 0.3) is 5.91 Å². The van der Waals surface area contributed by atoms with Gasteiger partial charge in [0.15, 0.2) is 0 Å². The van der Waals surface area contributed by atoms with Gasteiger partial charge in [0.05, 0.1) is 13.5 Å². The van der Waals surface area contributed by atoms with Gasteiger partial charge in [-0.15, -0.1) is 0 Å². The minimum atomic E-state index is -0.265. The summed E-state index contributed by atoms with van der Waals surface area (Å²) in [7, 11) is 1.39. The fourth-order valence-electron chi connectivity index (χ4n) is 3.12. The Balaban J connectivity index is 2.16. The Morgan fingerprint density at radius 2 is 1.86 bits per heavy atom. The Labute approximate surface area is 132 Å². The van der Waals surface area contributed by atoms with E-state index < -0.39 is 0 Å². The van der Waals surface area contributed by atoms with Crippen LogP contribution in [0.15, 0.2) is 24.3 Å². The van der Waals surface area contributed by atoms with Gasteiger partial charge in [0.2, 0.25) is 0 Å². The maximum absolute atomic E-state index is 12.9. The van der Waals surface area contributed by atoms with Crippen molar-refractivity contribution in [1.82, 2.24) is 4.90 Å². The molecule has 1 aliphatic carbocycles. The Morgan fingerprint density at radius 3 is 2.50 bits per heavy atom. The van der Waals surface area contributed by atoms with Gasteiger partial charge in [0.1, 0.15) is 0 Å². The van der Waals surface area contributed by atoms with Crippen LogP contribution in [0.4, 0.5) is 0 Å². The van der Waals surface area contributed by atoms with Crippen molar-refractivity contribution >= 4 is 11.9 Å². The number of ether oxygens (including phenoxy) is 1. The van der Waals surface area contributed by atoms with Crippen LogP contribution >= 0.6 is 0 Å². The molecule has 4 nitrogen and oxygen atoms in total. The molecule has 1 aromatic carbocycles. The second-order valence-electron chi connectivity index (χ2n) is 5.93. The van der Waals surface area contributed by atoms with Gasteiger partial charge in [-0.2, -0.15) is 0 Å². The molecular formula is C18H25NO3. The monoisotopic (exact) mass is 303 g/mol. The van der Waals surface area contributed by atoms with Crippen molar-refractivity contribution in [3.05, 3.63) is 35.4 Å². The molecule has 0 aliphatic heterocycles. The minimum absolute atomic E-state index is 0.0360. The predicted octanol–water partition coefficient (Wildman–Crippen LogP) is 3.33. The highest BCUT2D eigenvalue weighted by molar-refractivity contribution is 5.96. The molecule has 0 saturated heterocycles. The molecule has 22 heavy (non-hydrogen) atoms. The molecule has 1 amide bonds. The number of amides is 1. The number of methoxy groups -OCH3 is 1. The first-order chi connectivity index (χ1) is 10.6. The van der Waals surface area contributed by atoms with Crippen LogP contribution in [0.5, 0.6) is 0 Å². The molecule has 1 saturated carbocycles. The van der Waals surface area contributed by atoms with Crippen molar-refractivity contribution in [2.24, 2.45) is 0 Å². The molecule has 0 bridgehead atoms. The molecular weight excluding hydrogens is 278 g/mol. The van der Waals surface area contributed by atoms with Gasteiger partial charge in [0, 0.05) is 18.2 Å². The molecule has 1 aliphatic rings. The van der Waals surface area contributed by atoms with E-state index in [0.29, 0.717) is 6.54 Å². The first-order valence-corrected chi connectivity index (χ1v) is 8.07. The van der Waals surface area contributed by atoms with E-state index >= 15 is 0 Å². The summed E-state index contributed by atoms with van der Waals surface area (Å²) in [6, 6.07) is 7.88. The molecule has 0 aromatic heterocycles. The Hall–Kier alpha value is -1.84. The molecule has 1 fully saturated rings. The summed E-state index contributed by atoms with van der Waals surface area (Å²) in [5.74, 6) is -0.229. The molecule has 0 spiro atoms. The summed E-state index contributed by atoms with van der Waals surface area (Å²) in [6.45, 7) is 2.39. The van der Waals surface area contributed by atoms with Crippen LogP contribution in [0.25, 0.3) is 0 Å². The van der Waals surface area contributed by atoms with Crippen molar-refractivity contribution in [2.45, 2.75) is 51.5 Å². The lowest BCUT2D eigenvalue weighted by atomic mass is 9.93. The lowest BCUT2D eigenvalue weighted by Gasteiger charge is -2.34. The van der Waals surface area contributed by atoms with Crippen LogP contribution in [0.2, 0.25) is 0 Å². The molecule has 0 heterocycles. The number of nitrogens with zero attached hydrogens (tertiary/aromatic N) is 1. The van der Waals surface area contributed by atoms with E-state index in [9.17, 15) is 9.59 Å². The zero-order valence-electron chi connectivity index (χ0n) is 13.5. The standard InChI is InChI=1S/C18H25NO3/c1-14-8-6-7-11-16(14)18(21)19(13-12-17(20)22-2)15-9-4-3-5-10-15/h6-8,11,15H,3-5,9-10,12-13H2,1-2H3. The van der Waals surface area contributed by atoms with Gasteiger partial charge >= 0.3 is 5.97 Å². The predicted molar refractivity (Wildman–Crippen MR) is 85.7 cm³/mol. The van der Waals surface area contributed by atoms with Crippen LogP contribution < -0.4 is 0 Å². The average Bonchev–Trinajstić information content (AvgIpc) is 2.56. The van der Waals surface area contributed by atoms with Crippen LogP contribution in [0, 0.1) is 6.92 Å². The third-order valence-corrected chi connectivity index (χ3v) is 4.44. The number of benzene rings is 1. The summed E-state index contributed by atoms with van der Waals surface area (Å²) in [5, 5.41) is 0. The third kappa shape index (κ3) is 4.09. The first-order valence-electron chi connectivity index (χ1n) is 8.07. The van der Waals surface area contributed by atoms with Crippen molar-refractivity contribution in [3.63, 3.8) is 0 Å². The van der Waals surface area contributed by atoms with E-state index in [1.54, 1.807) is 0 Å². The average molecular weight is 303 g/mol. The van der Waals surface area contributed by atoms with Crippen molar-refractivity contribution in [2.75, 3.05) is 13.7 Å². The maximum Gasteiger partial charge on any atom is 0.307 e. The molecule has 2 rings (SSSR count). The van der Waals surface area contributed by atoms with Crippen molar-refractivity contribution < 1.29 is 14.3 Å². The number of rotatable bonds is 5. The highest BCUT2D eigenvalue weighted by atomic mass is 16.5. The lowest BCUT2D eigenvalue weighted by molar-refractivity contribution is -0.140. The van der Waals surface area contributed by atoms with E-state index in [1.165, 1.54) is 13.5 Å². The summed E-state index contributed by atoms with van der Waals surface area (Å²) in [6.07, 6.45) is 5.85. The Bertz CT molecular complexity index is 521. The summed E-state index contributed by atoms with van der Waals surface area (Å²) in [5.41, 5.74) is 1.71. The molecule has 0 radical (unpaired) electrons. The van der Waals surface area contributed by atoms with Crippen LogP contribution in [0.1, 0.15) is 54.4 Å². The third-order valence-electron chi connectivity index (χ3n) is 4.44. The van der Waals surface area contributed by atoms with Gasteiger partial charge in [-0.3, -0.25) is 9.59 Å². The molecule has 120 valence electrons. The van der Waals surface area contributed by atoms with E-state index in [-0.39, 0.29) is 24.3 Å². The van der Waals surface area contributed by atoms with Crippen molar-refractivity contribution in [3.8, 4) is 0 Å². The van der Waals surface area contributed by atoms with Crippen LogP contribution in [-0.2, 0) is 9.53 Å². The second-order valence-corrected chi connectivity index (χ2v) is 5.93. The normalized spacial score (nSPS) is 15.4. The second kappa shape index (κ2) is 7.97. The molecule has 4 heteroatoms. The summed E-state index contributed by atoms with van der Waals surface area (Å²) < 4.78 is 4.72. The smallest absolute Gasteiger partial charge is 0.307 e. The van der Waals surface area contributed by atoms with Crippen LogP contribution in [0.3, 0.4) is 0 Å². The van der Waals surface area contributed by atoms with Gasteiger partial charge in [-0.05, 0) is 31.4 Å². The molecule has 0 unspecified atom stereocenters. The Kier molecular flexibility index (Phi) is 5.99. The largest absolute Gasteiger partial charge is 0.469 e. The van der Waals surface area contributed by atoms with Crippen molar-refractivity contribution in [1.29, 1.82) is 0 Å². The van der Waals surface area contributed by atoms with E-state index in [4.69, 9.17) is 4.74 Å². The fraction of sp³-hybridized carbons (Fsp3) is 0.556.